The van der Waals surface area contributed by atoms with Gasteiger partial charge in [-0.1, -0.05) is 30.0 Å². The zero-order valence-electron chi connectivity index (χ0n) is 9.22. The normalized spacial score (nSPS) is 9.40. The third-order valence-corrected chi connectivity index (χ3v) is 2.00. The van der Waals surface area contributed by atoms with Gasteiger partial charge in [-0.3, -0.25) is 0 Å². The van der Waals surface area contributed by atoms with E-state index in [0.29, 0.717) is 0 Å². The Morgan fingerprint density at radius 1 is 1.13 bits per heavy atom. The summed E-state index contributed by atoms with van der Waals surface area (Å²) in [6, 6.07) is 10.1. The van der Waals surface area contributed by atoms with E-state index in [2.05, 4.69) is 22.5 Å². The van der Waals surface area contributed by atoms with Gasteiger partial charge in [0, 0.05) is 5.56 Å². The van der Waals surface area contributed by atoms with Crippen LogP contribution in [0.5, 0.6) is 0 Å². The van der Waals surface area contributed by atoms with Gasteiger partial charge in [-0.2, -0.15) is 0 Å². The van der Waals surface area contributed by atoms with E-state index in [1.165, 1.54) is 0 Å². The van der Waals surface area contributed by atoms with E-state index in [0.717, 1.165) is 31.6 Å². The smallest absolute Gasteiger partial charge is 0.0580 e. The lowest BCUT2D eigenvalue weighted by atomic mass is 10.2. The molecule has 0 saturated heterocycles. The Kier molecular flexibility index (Phi) is 6.31. The molecule has 0 radical (unpaired) electrons. The molecule has 0 spiro atoms. The Morgan fingerprint density at radius 2 is 1.93 bits per heavy atom. The van der Waals surface area contributed by atoms with Crippen molar-refractivity contribution in [3.8, 4) is 11.8 Å². The highest BCUT2D eigenvalue weighted by molar-refractivity contribution is 5.33. The monoisotopic (exact) mass is 202 g/mol. The molecule has 0 aliphatic rings. The van der Waals surface area contributed by atoms with Gasteiger partial charge in [0.15, 0.2) is 0 Å². The Balaban J connectivity index is 2.12. The van der Waals surface area contributed by atoms with Crippen molar-refractivity contribution < 1.29 is 0 Å². The number of hydrogen-bond donors (Lipinski definition) is 2. The fraction of sp³-hybridized carbons (Fsp3) is 0.385. The van der Waals surface area contributed by atoms with E-state index >= 15 is 0 Å². The minimum Gasteiger partial charge on any atom is -0.320 e. The first-order chi connectivity index (χ1) is 7.43. The van der Waals surface area contributed by atoms with Gasteiger partial charge in [-0.25, -0.2) is 0 Å². The van der Waals surface area contributed by atoms with E-state index in [9.17, 15) is 0 Å². The Bertz CT molecular complexity index is 308. The van der Waals surface area contributed by atoms with E-state index < -0.39 is 0 Å². The van der Waals surface area contributed by atoms with E-state index in [1.807, 2.05) is 37.4 Å². The van der Waals surface area contributed by atoms with E-state index in [1.54, 1.807) is 0 Å². The molecule has 2 nitrogen and oxygen atoms in total. The van der Waals surface area contributed by atoms with Crippen LogP contribution in [0.4, 0.5) is 0 Å². The first-order valence-corrected chi connectivity index (χ1v) is 5.32. The highest BCUT2D eigenvalue weighted by atomic mass is 14.9. The minimum absolute atomic E-state index is 0.763. The SMILES string of the molecule is CNCCCNCC#Cc1ccccc1. The van der Waals surface area contributed by atoms with Crippen LogP contribution in [0.1, 0.15) is 12.0 Å². The molecule has 0 heterocycles. The van der Waals surface area contributed by atoms with Crippen LogP contribution in [0.25, 0.3) is 0 Å². The van der Waals surface area contributed by atoms with Crippen LogP contribution in [0, 0.1) is 11.8 Å². The molecular weight excluding hydrogens is 184 g/mol. The average molecular weight is 202 g/mol. The third-order valence-electron chi connectivity index (χ3n) is 2.00. The maximum atomic E-state index is 3.28. The maximum Gasteiger partial charge on any atom is 0.0580 e. The Labute approximate surface area is 92.1 Å². The van der Waals surface area contributed by atoms with Gasteiger partial charge in [-0.05, 0) is 38.7 Å². The molecule has 2 N–H and O–H groups in total. The summed E-state index contributed by atoms with van der Waals surface area (Å²) < 4.78 is 0. The van der Waals surface area contributed by atoms with Crippen molar-refractivity contribution in [3.63, 3.8) is 0 Å². The molecule has 15 heavy (non-hydrogen) atoms. The van der Waals surface area contributed by atoms with Crippen LogP contribution in [-0.2, 0) is 0 Å². The minimum atomic E-state index is 0.763. The zero-order valence-corrected chi connectivity index (χ0v) is 9.22. The Hall–Kier alpha value is -1.30. The van der Waals surface area contributed by atoms with Crippen molar-refractivity contribution in [2.75, 3.05) is 26.7 Å². The molecule has 0 atom stereocenters. The summed E-state index contributed by atoms with van der Waals surface area (Å²) in [5, 5.41) is 6.39. The third kappa shape index (κ3) is 5.90. The van der Waals surface area contributed by atoms with Gasteiger partial charge in [0.2, 0.25) is 0 Å². The average Bonchev–Trinajstić information content (AvgIpc) is 2.29. The van der Waals surface area contributed by atoms with Crippen molar-refractivity contribution >= 4 is 0 Å². The van der Waals surface area contributed by atoms with Crippen molar-refractivity contribution in [1.82, 2.24) is 10.6 Å². The predicted molar refractivity (Wildman–Crippen MR) is 64.7 cm³/mol. The fourth-order valence-corrected chi connectivity index (χ4v) is 1.21. The summed E-state index contributed by atoms with van der Waals surface area (Å²) in [5.41, 5.74) is 1.08. The summed E-state index contributed by atoms with van der Waals surface area (Å²) in [5.74, 6) is 6.20. The molecule has 1 rings (SSSR count). The van der Waals surface area contributed by atoms with E-state index in [4.69, 9.17) is 0 Å². The van der Waals surface area contributed by atoms with Crippen LogP contribution in [0.2, 0.25) is 0 Å². The maximum absolute atomic E-state index is 3.28. The first kappa shape index (κ1) is 11.8. The second kappa shape index (κ2) is 8.05. The summed E-state index contributed by atoms with van der Waals surface area (Å²) in [6.45, 7) is 2.84. The summed E-state index contributed by atoms with van der Waals surface area (Å²) >= 11 is 0. The van der Waals surface area contributed by atoms with Crippen LogP contribution >= 0.6 is 0 Å². The zero-order chi connectivity index (χ0) is 10.8. The fourth-order valence-electron chi connectivity index (χ4n) is 1.21. The van der Waals surface area contributed by atoms with Crippen LogP contribution in [0.3, 0.4) is 0 Å². The van der Waals surface area contributed by atoms with Crippen molar-refractivity contribution in [2.45, 2.75) is 6.42 Å². The molecule has 0 aliphatic heterocycles. The molecule has 0 saturated carbocycles. The molecule has 1 aromatic carbocycles. The van der Waals surface area contributed by atoms with Crippen LogP contribution in [0.15, 0.2) is 30.3 Å². The van der Waals surface area contributed by atoms with Crippen molar-refractivity contribution in [2.24, 2.45) is 0 Å². The lowest BCUT2D eigenvalue weighted by Crippen LogP contribution is -2.19. The summed E-state index contributed by atoms with van der Waals surface area (Å²) in [7, 11) is 1.97. The molecule has 1 aromatic rings. The first-order valence-electron chi connectivity index (χ1n) is 5.32. The van der Waals surface area contributed by atoms with Crippen molar-refractivity contribution in [1.29, 1.82) is 0 Å². The van der Waals surface area contributed by atoms with Crippen LogP contribution < -0.4 is 10.6 Å². The molecule has 0 aromatic heterocycles. The quantitative estimate of drug-likeness (QED) is 0.554. The summed E-state index contributed by atoms with van der Waals surface area (Å²) in [4.78, 5) is 0. The molecule has 0 unspecified atom stereocenters. The van der Waals surface area contributed by atoms with Gasteiger partial charge >= 0.3 is 0 Å². The molecule has 0 aliphatic carbocycles. The number of hydrogen-bond acceptors (Lipinski definition) is 2. The second-order valence-electron chi connectivity index (χ2n) is 3.30. The predicted octanol–water partition coefficient (Wildman–Crippen LogP) is 1.24. The molecule has 0 fully saturated rings. The van der Waals surface area contributed by atoms with Crippen molar-refractivity contribution in [3.05, 3.63) is 35.9 Å². The van der Waals surface area contributed by atoms with Gasteiger partial charge in [0.25, 0.3) is 0 Å². The van der Waals surface area contributed by atoms with Gasteiger partial charge in [0.1, 0.15) is 0 Å². The second-order valence-corrected chi connectivity index (χ2v) is 3.30. The molecule has 80 valence electrons. The number of rotatable bonds is 5. The number of benzene rings is 1. The lowest BCUT2D eigenvalue weighted by Gasteiger charge is -1.98. The highest BCUT2D eigenvalue weighted by Crippen LogP contribution is 1.93. The van der Waals surface area contributed by atoms with E-state index in [-0.39, 0.29) is 0 Å². The molecule has 2 heteroatoms. The molecule has 0 amide bonds. The molecule has 0 bridgehead atoms. The van der Waals surface area contributed by atoms with Gasteiger partial charge in [0.05, 0.1) is 6.54 Å². The van der Waals surface area contributed by atoms with Gasteiger partial charge in [-0.15, -0.1) is 0 Å². The van der Waals surface area contributed by atoms with Crippen LogP contribution in [-0.4, -0.2) is 26.7 Å². The summed E-state index contributed by atoms with van der Waals surface area (Å²) in [6.07, 6.45) is 1.14. The topological polar surface area (TPSA) is 24.1 Å². The number of nitrogens with one attached hydrogen (secondary N) is 2. The standard InChI is InChI=1S/C13H18N2/c1-14-10-6-12-15-11-5-9-13-7-3-2-4-8-13/h2-4,7-8,14-15H,6,10-12H2,1H3. The highest BCUT2D eigenvalue weighted by Gasteiger charge is 1.84. The van der Waals surface area contributed by atoms with Gasteiger partial charge < -0.3 is 10.6 Å². The largest absolute Gasteiger partial charge is 0.320 e. The molecular formula is C13H18N2. The Morgan fingerprint density at radius 3 is 2.67 bits per heavy atom. The lowest BCUT2D eigenvalue weighted by molar-refractivity contribution is 0.659.